The van der Waals surface area contributed by atoms with Gasteiger partial charge in [-0.3, -0.25) is 0 Å². The zero-order valence-electron chi connectivity index (χ0n) is 16.4. The lowest BCUT2D eigenvalue weighted by Crippen LogP contribution is -2.43. The van der Waals surface area contributed by atoms with Gasteiger partial charge >= 0.3 is 0 Å². The minimum Gasteiger partial charge on any atom is -0.469 e. The summed E-state index contributed by atoms with van der Waals surface area (Å²) in [6, 6.07) is 24.3. The molecular formula is C24H24N4O. The Kier molecular flexibility index (Phi) is 5.73. The van der Waals surface area contributed by atoms with E-state index in [0.29, 0.717) is 23.9 Å². The van der Waals surface area contributed by atoms with Gasteiger partial charge in [0, 0.05) is 12.7 Å². The molecule has 0 unspecified atom stereocenters. The number of aromatic nitrogens is 1. The molecule has 1 aliphatic rings. The lowest BCUT2D eigenvalue weighted by molar-refractivity contribution is 0.149. The number of hydrogen-bond acceptors (Lipinski definition) is 5. The molecule has 0 saturated heterocycles. The van der Waals surface area contributed by atoms with E-state index in [2.05, 4.69) is 52.9 Å². The summed E-state index contributed by atoms with van der Waals surface area (Å²) in [4.78, 5) is 4.37. The smallest absolute Gasteiger partial charge is 0.237 e. The van der Waals surface area contributed by atoms with Crippen molar-refractivity contribution in [2.45, 2.75) is 25.0 Å². The lowest BCUT2D eigenvalue weighted by Gasteiger charge is -2.33. The molecule has 2 aromatic carbocycles. The maximum Gasteiger partial charge on any atom is 0.237 e. The summed E-state index contributed by atoms with van der Waals surface area (Å²) in [6.07, 6.45) is 1.67. The molecule has 146 valence electrons. The monoisotopic (exact) mass is 384 g/mol. The first kappa shape index (κ1) is 19.0. The van der Waals surface area contributed by atoms with E-state index in [1.54, 1.807) is 6.20 Å². The van der Waals surface area contributed by atoms with Crippen molar-refractivity contribution in [2.24, 2.45) is 0 Å². The van der Waals surface area contributed by atoms with Crippen LogP contribution in [0.4, 0.5) is 5.69 Å². The molecule has 2 N–H and O–H groups in total. The molecule has 0 aliphatic carbocycles. The van der Waals surface area contributed by atoms with Gasteiger partial charge in [0.15, 0.2) is 0 Å². The Balaban J connectivity index is 1.50. The Labute approximate surface area is 171 Å². The normalized spacial score (nSPS) is 17.2. The van der Waals surface area contributed by atoms with E-state index >= 15 is 0 Å². The summed E-state index contributed by atoms with van der Waals surface area (Å²) in [6.45, 7) is 3.68. The van der Waals surface area contributed by atoms with Crippen LogP contribution in [0.5, 0.6) is 5.88 Å². The number of hydrogen-bond donors (Lipinski definition) is 2. The topological polar surface area (TPSA) is 70.0 Å². The van der Waals surface area contributed by atoms with E-state index in [-0.39, 0.29) is 12.1 Å². The van der Waals surface area contributed by atoms with E-state index in [1.165, 1.54) is 11.1 Å². The third-order valence-corrected chi connectivity index (χ3v) is 5.31. The Morgan fingerprint density at radius 1 is 1.10 bits per heavy atom. The van der Waals surface area contributed by atoms with Crippen molar-refractivity contribution in [3.05, 3.63) is 89.6 Å². The highest BCUT2D eigenvalue weighted by atomic mass is 16.5. The largest absolute Gasteiger partial charge is 0.469 e. The number of pyridine rings is 1. The number of fused-ring (bicyclic) bond motifs is 1. The van der Waals surface area contributed by atoms with E-state index in [1.807, 2.05) is 42.5 Å². The van der Waals surface area contributed by atoms with Crippen LogP contribution >= 0.6 is 0 Å². The molecule has 0 amide bonds. The molecule has 29 heavy (non-hydrogen) atoms. The van der Waals surface area contributed by atoms with Gasteiger partial charge in [-0.15, -0.1) is 0 Å². The third kappa shape index (κ3) is 4.39. The van der Waals surface area contributed by atoms with E-state index in [9.17, 15) is 0 Å². The van der Waals surface area contributed by atoms with Crippen LogP contribution in [0.2, 0.25) is 0 Å². The van der Waals surface area contributed by atoms with Gasteiger partial charge in [-0.2, -0.15) is 5.26 Å². The molecule has 2 heterocycles. The van der Waals surface area contributed by atoms with Crippen LogP contribution in [0.25, 0.3) is 0 Å². The molecule has 3 atom stereocenters. The SMILES string of the molecule is C[C@H](CN[C@H](c1ccccc1)[C@@H]1CNc2cccnc2O1)c1ccc(C#N)cc1. The Morgan fingerprint density at radius 3 is 2.66 bits per heavy atom. The zero-order valence-corrected chi connectivity index (χ0v) is 16.4. The molecule has 0 fully saturated rings. The second-order valence-corrected chi connectivity index (χ2v) is 7.32. The van der Waals surface area contributed by atoms with Crippen molar-refractivity contribution in [3.63, 3.8) is 0 Å². The molecule has 0 bridgehead atoms. The predicted molar refractivity (Wildman–Crippen MR) is 114 cm³/mol. The van der Waals surface area contributed by atoms with Crippen LogP contribution in [0.1, 0.15) is 35.6 Å². The highest BCUT2D eigenvalue weighted by molar-refractivity contribution is 5.54. The van der Waals surface area contributed by atoms with Crippen LogP contribution in [-0.2, 0) is 0 Å². The van der Waals surface area contributed by atoms with Crippen molar-refractivity contribution in [1.82, 2.24) is 10.3 Å². The summed E-state index contributed by atoms with van der Waals surface area (Å²) in [7, 11) is 0. The Morgan fingerprint density at radius 2 is 1.90 bits per heavy atom. The summed E-state index contributed by atoms with van der Waals surface area (Å²) >= 11 is 0. The maximum atomic E-state index is 9.00. The molecule has 1 aromatic heterocycles. The van der Waals surface area contributed by atoms with Crippen molar-refractivity contribution in [3.8, 4) is 11.9 Å². The van der Waals surface area contributed by atoms with E-state index < -0.39 is 0 Å². The minimum atomic E-state index is -0.0760. The van der Waals surface area contributed by atoms with Gasteiger partial charge in [0.1, 0.15) is 6.10 Å². The molecule has 3 aromatic rings. The van der Waals surface area contributed by atoms with Gasteiger partial charge in [0.05, 0.1) is 29.9 Å². The van der Waals surface area contributed by atoms with Crippen LogP contribution in [0.15, 0.2) is 72.9 Å². The zero-order chi connectivity index (χ0) is 20.1. The van der Waals surface area contributed by atoms with E-state index in [0.717, 1.165) is 12.2 Å². The van der Waals surface area contributed by atoms with Crippen molar-refractivity contribution in [1.29, 1.82) is 5.26 Å². The molecule has 1 aliphatic heterocycles. The summed E-state index contributed by atoms with van der Waals surface area (Å²) in [5.41, 5.74) is 4.01. The van der Waals surface area contributed by atoms with Crippen LogP contribution in [0.3, 0.4) is 0 Å². The average molecular weight is 384 g/mol. The summed E-state index contributed by atoms with van der Waals surface area (Å²) in [5.74, 6) is 0.947. The van der Waals surface area contributed by atoms with Gasteiger partial charge in [-0.05, 0) is 41.3 Å². The number of nitrogens with zero attached hydrogens (tertiary/aromatic N) is 2. The molecule has 5 heteroatoms. The van der Waals surface area contributed by atoms with Crippen LogP contribution in [0, 0.1) is 11.3 Å². The van der Waals surface area contributed by atoms with Crippen LogP contribution in [-0.4, -0.2) is 24.2 Å². The fourth-order valence-corrected chi connectivity index (χ4v) is 3.63. The van der Waals surface area contributed by atoms with E-state index in [4.69, 9.17) is 10.00 Å². The second-order valence-electron chi connectivity index (χ2n) is 7.32. The van der Waals surface area contributed by atoms with Crippen molar-refractivity contribution < 1.29 is 4.74 Å². The summed E-state index contributed by atoms with van der Waals surface area (Å²) in [5, 5.41) is 16.1. The summed E-state index contributed by atoms with van der Waals surface area (Å²) < 4.78 is 6.24. The second kappa shape index (κ2) is 8.76. The predicted octanol–water partition coefficient (Wildman–Crippen LogP) is 4.26. The van der Waals surface area contributed by atoms with Crippen LogP contribution < -0.4 is 15.4 Å². The number of anilines is 1. The fraction of sp³-hybridized carbons (Fsp3) is 0.250. The number of rotatable bonds is 6. The van der Waals surface area contributed by atoms with Gasteiger partial charge in [0.25, 0.3) is 0 Å². The molecule has 0 spiro atoms. The Bertz CT molecular complexity index is 982. The molecular weight excluding hydrogens is 360 g/mol. The molecule has 0 saturated carbocycles. The van der Waals surface area contributed by atoms with Gasteiger partial charge in [-0.25, -0.2) is 4.98 Å². The standard InChI is InChI=1S/C24H24N4O/c1-17(19-11-9-18(14-25)10-12-19)15-28-23(20-6-3-2-4-7-20)22-16-27-21-8-5-13-26-24(21)29-22/h2-13,17,22-23,27-28H,15-16H2,1H3/t17-,22+,23-/m1/s1. The third-order valence-electron chi connectivity index (χ3n) is 5.31. The number of ether oxygens (including phenoxy) is 1. The molecule has 0 radical (unpaired) electrons. The Hall–Kier alpha value is -3.36. The first-order chi connectivity index (χ1) is 14.2. The molecule has 4 rings (SSSR count). The number of nitriles is 1. The van der Waals surface area contributed by atoms with Crippen molar-refractivity contribution >= 4 is 5.69 Å². The quantitative estimate of drug-likeness (QED) is 0.664. The highest BCUT2D eigenvalue weighted by Crippen LogP contribution is 2.31. The molecule has 5 nitrogen and oxygen atoms in total. The first-order valence-electron chi connectivity index (χ1n) is 9.88. The van der Waals surface area contributed by atoms with Gasteiger partial charge < -0.3 is 15.4 Å². The van der Waals surface area contributed by atoms with Gasteiger partial charge in [0.2, 0.25) is 5.88 Å². The maximum absolute atomic E-state index is 9.00. The first-order valence-corrected chi connectivity index (χ1v) is 9.88. The minimum absolute atomic E-state index is 0.0275. The lowest BCUT2D eigenvalue weighted by atomic mass is 9.96. The fourth-order valence-electron chi connectivity index (χ4n) is 3.63. The average Bonchev–Trinajstić information content (AvgIpc) is 2.79. The van der Waals surface area contributed by atoms with Crippen molar-refractivity contribution in [2.75, 3.05) is 18.4 Å². The number of benzene rings is 2. The van der Waals surface area contributed by atoms with Gasteiger partial charge in [-0.1, -0.05) is 49.4 Å². The highest BCUT2D eigenvalue weighted by Gasteiger charge is 2.29. The number of nitrogens with one attached hydrogen (secondary N) is 2.